The van der Waals surface area contributed by atoms with Crippen LogP contribution < -0.4 is 11.1 Å². The van der Waals surface area contributed by atoms with Crippen LogP contribution in [0.4, 0.5) is 5.69 Å². The Bertz CT molecular complexity index is 537. The van der Waals surface area contributed by atoms with Crippen LogP contribution in [0.25, 0.3) is 10.9 Å². The number of amides is 1. The summed E-state index contributed by atoms with van der Waals surface area (Å²) < 4.78 is 0. The SMILES string of the molecule is Cc1ccc2cccc(NC(=O)CN)c2n1. The largest absolute Gasteiger partial charge is 0.323 e. The fourth-order valence-electron chi connectivity index (χ4n) is 1.55. The van der Waals surface area contributed by atoms with Crippen LogP contribution in [0.2, 0.25) is 0 Å². The predicted octanol–water partition coefficient (Wildman–Crippen LogP) is 1.44. The van der Waals surface area contributed by atoms with E-state index < -0.39 is 0 Å². The van der Waals surface area contributed by atoms with Gasteiger partial charge in [-0.25, -0.2) is 0 Å². The maximum absolute atomic E-state index is 11.2. The van der Waals surface area contributed by atoms with Gasteiger partial charge in [0.05, 0.1) is 17.7 Å². The van der Waals surface area contributed by atoms with Crippen molar-refractivity contribution < 1.29 is 4.79 Å². The van der Waals surface area contributed by atoms with E-state index in [1.54, 1.807) is 0 Å². The van der Waals surface area contributed by atoms with Crippen molar-refractivity contribution in [2.45, 2.75) is 6.92 Å². The molecule has 0 unspecified atom stereocenters. The first-order chi connectivity index (χ1) is 7.70. The Labute approximate surface area is 93.5 Å². The Morgan fingerprint density at radius 2 is 2.19 bits per heavy atom. The van der Waals surface area contributed by atoms with Crippen LogP contribution in [0.5, 0.6) is 0 Å². The van der Waals surface area contributed by atoms with Crippen LogP contribution in [0.3, 0.4) is 0 Å². The van der Waals surface area contributed by atoms with Gasteiger partial charge in [-0.3, -0.25) is 9.78 Å². The Morgan fingerprint density at radius 3 is 2.94 bits per heavy atom. The summed E-state index contributed by atoms with van der Waals surface area (Å²) in [7, 11) is 0. The maximum atomic E-state index is 11.2. The molecule has 0 aliphatic heterocycles. The van der Waals surface area contributed by atoms with Gasteiger partial charge in [-0.05, 0) is 19.1 Å². The number of benzene rings is 1. The topological polar surface area (TPSA) is 68.0 Å². The molecule has 2 rings (SSSR count). The molecule has 0 aliphatic rings. The molecule has 0 radical (unpaired) electrons. The van der Waals surface area contributed by atoms with E-state index in [1.165, 1.54) is 0 Å². The number of carbonyl (C=O) groups is 1. The summed E-state index contributed by atoms with van der Waals surface area (Å²) in [6, 6.07) is 9.58. The maximum Gasteiger partial charge on any atom is 0.238 e. The zero-order valence-electron chi connectivity index (χ0n) is 9.03. The molecule has 4 nitrogen and oxygen atoms in total. The average molecular weight is 215 g/mol. The van der Waals surface area contributed by atoms with Gasteiger partial charge in [-0.2, -0.15) is 0 Å². The van der Waals surface area contributed by atoms with Crippen molar-refractivity contribution in [3.05, 3.63) is 36.0 Å². The molecular formula is C12H13N3O. The van der Waals surface area contributed by atoms with Crippen molar-refractivity contribution in [1.82, 2.24) is 4.98 Å². The normalized spacial score (nSPS) is 10.4. The van der Waals surface area contributed by atoms with Crippen LogP contribution in [-0.2, 0) is 4.79 Å². The minimum atomic E-state index is -0.212. The summed E-state index contributed by atoms with van der Waals surface area (Å²) in [6.45, 7) is 1.89. The smallest absolute Gasteiger partial charge is 0.238 e. The van der Waals surface area contributed by atoms with Crippen molar-refractivity contribution >= 4 is 22.5 Å². The highest BCUT2D eigenvalue weighted by molar-refractivity contribution is 6.00. The molecule has 0 atom stereocenters. The lowest BCUT2D eigenvalue weighted by molar-refractivity contribution is -0.114. The Kier molecular flexibility index (Phi) is 2.83. The second-order valence-corrected chi connectivity index (χ2v) is 3.58. The molecule has 82 valence electrons. The molecule has 0 aliphatic carbocycles. The quantitative estimate of drug-likeness (QED) is 0.796. The Balaban J connectivity index is 2.52. The molecule has 0 bridgehead atoms. The lowest BCUT2D eigenvalue weighted by atomic mass is 10.1. The number of nitrogens with zero attached hydrogens (tertiary/aromatic N) is 1. The summed E-state index contributed by atoms with van der Waals surface area (Å²) in [4.78, 5) is 15.7. The van der Waals surface area contributed by atoms with Crippen LogP contribution in [0.1, 0.15) is 5.69 Å². The number of nitrogens with one attached hydrogen (secondary N) is 1. The fourth-order valence-corrected chi connectivity index (χ4v) is 1.55. The molecule has 1 heterocycles. The van der Waals surface area contributed by atoms with Crippen molar-refractivity contribution in [2.24, 2.45) is 5.73 Å². The Hall–Kier alpha value is -1.94. The zero-order chi connectivity index (χ0) is 11.5. The van der Waals surface area contributed by atoms with E-state index in [0.717, 1.165) is 16.6 Å². The summed E-state index contributed by atoms with van der Waals surface area (Å²) in [5.74, 6) is -0.212. The van der Waals surface area contributed by atoms with Crippen molar-refractivity contribution in [3.8, 4) is 0 Å². The first-order valence-electron chi connectivity index (χ1n) is 5.07. The van der Waals surface area contributed by atoms with Gasteiger partial charge in [0.1, 0.15) is 0 Å². The number of aromatic nitrogens is 1. The van der Waals surface area contributed by atoms with Gasteiger partial charge in [0, 0.05) is 11.1 Å². The summed E-state index contributed by atoms with van der Waals surface area (Å²) >= 11 is 0. The highest BCUT2D eigenvalue weighted by Gasteiger charge is 2.05. The van der Waals surface area contributed by atoms with Gasteiger partial charge in [0.15, 0.2) is 0 Å². The number of hydrogen-bond donors (Lipinski definition) is 2. The number of fused-ring (bicyclic) bond motifs is 1. The van der Waals surface area contributed by atoms with Crippen LogP contribution in [0.15, 0.2) is 30.3 Å². The second-order valence-electron chi connectivity index (χ2n) is 3.58. The Morgan fingerprint density at radius 1 is 1.38 bits per heavy atom. The molecular weight excluding hydrogens is 202 g/mol. The highest BCUT2D eigenvalue weighted by Crippen LogP contribution is 2.21. The third-order valence-corrected chi connectivity index (χ3v) is 2.32. The molecule has 0 fully saturated rings. The van der Waals surface area contributed by atoms with Gasteiger partial charge < -0.3 is 11.1 Å². The molecule has 1 aromatic heterocycles. The van der Waals surface area contributed by atoms with E-state index in [4.69, 9.17) is 5.73 Å². The molecule has 1 aromatic carbocycles. The van der Waals surface area contributed by atoms with Gasteiger partial charge in [0.2, 0.25) is 5.91 Å². The van der Waals surface area contributed by atoms with Gasteiger partial charge in [-0.15, -0.1) is 0 Å². The number of rotatable bonds is 2. The minimum absolute atomic E-state index is 0.0256. The minimum Gasteiger partial charge on any atom is -0.323 e. The van der Waals surface area contributed by atoms with E-state index in [1.807, 2.05) is 37.3 Å². The lowest BCUT2D eigenvalue weighted by Crippen LogP contribution is -2.22. The third-order valence-electron chi connectivity index (χ3n) is 2.32. The van der Waals surface area contributed by atoms with Crippen LogP contribution >= 0.6 is 0 Å². The molecule has 0 saturated carbocycles. The molecule has 4 heteroatoms. The third kappa shape index (κ3) is 2.01. The first kappa shape index (κ1) is 10.6. The van der Waals surface area contributed by atoms with E-state index in [9.17, 15) is 4.79 Å². The number of carbonyl (C=O) groups excluding carboxylic acids is 1. The van der Waals surface area contributed by atoms with Gasteiger partial charge in [-0.1, -0.05) is 18.2 Å². The fraction of sp³-hybridized carbons (Fsp3) is 0.167. The van der Waals surface area contributed by atoms with E-state index in [-0.39, 0.29) is 12.5 Å². The number of anilines is 1. The summed E-state index contributed by atoms with van der Waals surface area (Å²) in [5, 5.41) is 3.74. The van der Waals surface area contributed by atoms with Crippen LogP contribution in [0, 0.1) is 6.92 Å². The summed E-state index contributed by atoms with van der Waals surface area (Å²) in [6.07, 6.45) is 0. The highest BCUT2D eigenvalue weighted by atomic mass is 16.1. The standard InChI is InChI=1S/C12H13N3O/c1-8-5-6-9-3-2-4-10(12(9)14-8)15-11(16)7-13/h2-6H,7,13H2,1H3,(H,15,16). The van der Waals surface area contributed by atoms with Crippen molar-refractivity contribution in [1.29, 1.82) is 0 Å². The zero-order valence-corrected chi connectivity index (χ0v) is 9.03. The van der Waals surface area contributed by atoms with E-state index >= 15 is 0 Å². The molecule has 0 saturated heterocycles. The lowest BCUT2D eigenvalue weighted by Gasteiger charge is -2.07. The summed E-state index contributed by atoms with van der Waals surface area (Å²) in [5.41, 5.74) is 7.68. The molecule has 16 heavy (non-hydrogen) atoms. The number of nitrogens with two attached hydrogens (primary N) is 1. The predicted molar refractivity (Wildman–Crippen MR) is 64.2 cm³/mol. The van der Waals surface area contributed by atoms with Crippen molar-refractivity contribution in [2.75, 3.05) is 11.9 Å². The monoisotopic (exact) mass is 215 g/mol. The molecule has 1 amide bonds. The molecule has 0 spiro atoms. The second kappa shape index (κ2) is 4.28. The molecule has 2 aromatic rings. The van der Waals surface area contributed by atoms with E-state index in [2.05, 4.69) is 10.3 Å². The average Bonchev–Trinajstić information content (AvgIpc) is 2.29. The molecule has 3 N–H and O–H groups in total. The van der Waals surface area contributed by atoms with Crippen molar-refractivity contribution in [3.63, 3.8) is 0 Å². The number of hydrogen-bond acceptors (Lipinski definition) is 3. The first-order valence-corrected chi connectivity index (χ1v) is 5.07. The van der Waals surface area contributed by atoms with Crippen LogP contribution in [-0.4, -0.2) is 17.4 Å². The number of aryl methyl sites for hydroxylation is 1. The van der Waals surface area contributed by atoms with Gasteiger partial charge in [0.25, 0.3) is 0 Å². The van der Waals surface area contributed by atoms with E-state index in [0.29, 0.717) is 5.69 Å². The number of para-hydroxylation sites is 1. The van der Waals surface area contributed by atoms with Gasteiger partial charge >= 0.3 is 0 Å². The number of pyridine rings is 1.